The molecule has 2 amide bonds. The summed E-state index contributed by atoms with van der Waals surface area (Å²) in [6.07, 6.45) is 4.97. The van der Waals surface area contributed by atoms with Crippen molar-refractivity contribution in [2.75, 3.05) is 11.9 Å². The molecule has 0 radical (unpaired) electrons. The normalized spacial score (nSPS) is 13.5. The van der Waals surface area contributed by atoms with E-state index < -0.39 is 0 Å². The molecule has 0 aliphatic carbocycles. The van der Waals surface area contributed by atoms with E-state index in [-0.39, 0.29) is 11.8 Å². The second-order valence-corrected chi connectivity index (χ2v) is 7.89. The van der Waals surface area contributed by atoms with Gasteiger partial charge < -0.3 is 10.2 Å². The lowest BCUT2D eigenvalue weighted by atomic mass is 10.0. The van der Waals surface area contributed by atoms with Gasteiger partial charge in [0.1, 0.15) is 0 Å². The maximum absolute atomic E-state index is 13.3. The summed E-state index contributed by atoms with van der Waals surface area (Å²) in [5.74, 6) is -0.0197. The van der Waals surface area contributed by atoms with E-state index in [1.165, 1.54) is 0 Å². The lowest BCUT2D eigenvalue weighted by Gasteiger charge is -2.16. The van der Waals surface area contributed by atoms with Crippen molar-refractivity contribution in [3.63, 3.8) is 0 Å². The minimum absolute atomic E-state index is 0.186. The number of fused-ring (bicyclic) bond motifs is 1. The van der Waals surface area contributed by atoms with Gasteiger partial charge in [0.15, 0.2) is 0 Å². The highest BCUT2D eigenvalue weighted by atomic mass is 16.2. The van der Waals surface area contributed by atoms with Crippen LogP contribution in [-0.2, 0) is 11.3 Å². The van der Waals surface area contributed by atoms with Gasteiger partial charge in [-0.3, -0.25) is 14.6 Å². The van der Waals surface area contributed by atoms with E-state index in [0.717, 1.165) is 35.0 Å². The fraction of sp³-hybridized carbons (Fsp3) is 0.154. The number of hydrogen-bond acceptors (Lipinski definition) is 4. The van der Waals surface area contributed by atoms with Gasteiger partial charge in [-0.2, -0.15) is 0 Å². The van der Waals surface area contributed by atoms with Gasteiger partial charge in [0.2, 0.25) is 5.91 Å². The summed E-state index contributed by atoms with van der Waals surface area (Å²) in [6.45, 7) is 1.35. The van der Waals surface area contributed by atoms with E-state index in [1.54, 1.807) is 18.5 Å². The van der Waals surface area contributed by atoms with E-state index >= 15 is 0 Å². The Morgan fingerprint density at radius 3 is 2.75 bits per heavy atom. The minimum atomic E-state index is -0.205. The molecule has 32 heavy (non-hydrogen) atoms. The fourth-order valence-corrected chi connectivity index (χ4v) is 4.06. The van der Waals surface area contributed by atoms with Gasteiger partial charge in [-0.15, -0.1) is 0 Å². The number of aromatic nitrogens is 2. The maximum Gasteiger partial charge on any atom is 0.256 e. The molecule has 0 saturated carbocycles. The van der Waals surface area contributed by atoms with Crippen molar-refractivity contribution in [2.45, 2.75) is 19.4 Å². The first-order valence-electron chi connectivity index (χ1n) is 10.7. The minimum Gasteiger partial charge on any atom is -0.338 e. The molecule has 2 aromatic carbocycles. The highest BCUT2D eigenvalue weighted by Gasteiger charge is 2.20. The molecule has 3 heterocycles. The Balaban J connectivity index is 1.45. The molecular weight excluding hydrogens is 400 g/mol. The largest absolute Gasteiger partial charge is 0.338 e. The van der Waals surface area contributed by atoms with Crippen molar-refractivity contribution < 1.29 is 9.59 Å². The Bertz CT molecular complexity index is 1300. The van der Waals surface area contributed by atoms with Gasteiger partial charge in [0.25, 0.3) is 5.91 Å². The predicted octanol–water partition coefficient (Wildman–Crippen LogP) is 4.67. The molecule has 2 aromatic heterocycles. The Labute approximate surface area is 185 Å². The van der Waals surface area contributed by atoms with Crippen LogP contribution < -0.4 is 5.32 Å². The third kappa shape index (κ3) is 4.07. The number of hydrogen-bond donors (Lipinski definition) is 1. The van der Waals surface area contributed by atoms with Gasteiger partial charge in [-0.05, 0) is 48.4 Å². The van der Waals surface area contributed by atoms with Gasteiger partial charge >= 0.3 is 0 Å². The van der Waals surface area contributed by atoms with Crippen LogP contribution in [-0.4, -0.2) is 33.2 Å². The molecule has 158 valence electrons. The molecule has 1 aliphatic rings. The molecule has 1 N–H and O–H groups in total. The Morgan fingerprint density at radius 1 is 1.03 bits per heavy atom. The van der Waals surface area contributed by atoms with Crippen molar-refractivity contribution >= 4 is 28.4 Å². The Hall–Kier alpha value is -4.06. The Morgan fingerprint density at radius 2 is 1.94 bits per heavy atom. The fourth-order valence-electron chi connectivity index (χ4n) is 4.06. The number of para-hydroxylation sites is 1. The summed E-state index contributed by atoms with van der Waals surface area (Å²) in [5.41, 5.74) is 4.54. The van der Waals surface area contributed by atoms with Gasteiger partial charge in [0, 0.05) is 48.5 Å². The molecule has 1 saturated heterocycles. The lowest BCUT2D eigenvalue weighted by molar-refractivity contribution is -0.128. The van der Waals surface area contributed by atoms with Gasteiger partial charge in [0.05, 0.1) is 16.8 Å². The van der Waals surface area contributed by atoms with Crippen molar-refractivity contribution in [3.05, 3.63) is 90.3 Å². The summed E-state index contributed by atoms with van der Waals surface area (Å²) in [7, 11) is 0. The summed E-state index contributed by atoms with van der Waals surface area (Å²) < 4.78 is 0. The molecule has 6 heteroatoms. The van der Waals surface area contributed by atoms with Crippen LogP contribution in [0, 0.1) is 0 Å². The van der Waals surface area contributed by atoms with Crippen molar-refractivity contribution in [1.82, 2.24) is 14.9 Å². The molecule has 0 unspecified atom stereocenters. The summed E-state index contributed by atoms with van der Waals surface area (Å²) >= 11 is 0. The smallest absolute Gasteiger partial charge is 0.256 e. The number of nitrogens with one attached hydrogen (secondary N) is 1. The second kappa shape index (κ2) is 8.59. The van der Waals surface area contributed by atoms with E-state index in [9.17, 15) is 9.59 Å². The average Bonchev–Trinajstić information content (AvgIpc) is 3.23. The summed E-state index contributed by atoms with van der Waals surface area (Å²) in [6, 6.07) is 20.9. The first kappa shape index (κ1) is 19.9. The molecule has 1 aliphatic heterocycles. The standard InChI is InChI=1S/C26H22N4O2/c31-25-11-5-13-30(25)17-18-6-3-8-20(14-18)28-26(32)22-15-24(19-7-4-12-27-16-19)29-23-10-2-1-9-21(22)23/h1-4,6-10,12,14-16H,5,11,13,17H2,(H,28,32). The number of amides is 2. The van der Waals surface area contributed by atoms with Crippen LogP contribution in [0.5, 0.6) is 0 Å². The number of rotatable bonds is 5. The monoisotopic (exact) mass is 422 g/mol. The number of pyridine rings is 2. The SMILES string of the molecule is O=C(Nc1cccc(CN2CCCC2=O)c1)c1cc(-c2cccnc2)nc2ccccc12. The summed E-state index contributed by atoms with van der Waals surface area (Å²) in [5, 5.41) is 3.81. The van der Waals surface area contributed by atoms with E-state index in [2.05, 4.69) is 10.3 Å². The zero-order chi connectivity index (χ0) is 21.9. The zero-order valence-corrected chi connectivity index (χ0v) is 17.5. The molecule has 0 bridgehead atoms. The van der Waals surface area contributed by atoms with Crippen LogP contribution >= 0.6 is 0 Å². The van der Waals surface area contributed by atoms with Crippen LogP contribution in [0.25, 0.3) is 22.2 Å². The van der Waals surface area contributed by atoms with Crippen LogP contribution in [0.15, 0.2) is 79.1 Å². The molecule has 4 aromatic rings. The van der Waals surface area contributed by atoms with Crippen LogP contribution in [0.3, 0.4) is 0 Å². The number of carbonyl (C=O) groups excluding carboxylic acids is 2. The third-order valence-electron chi connectivity index (χ3n) is 5.65. The third-order valence-corrected chi connectivity index (χ3v) is 5.65. The summed E-state index contributed by atoms with van der Waals surface area (Å²) in [4.78, 5) is 36.0. The number of anilines is 1. The molecule has 6 nitrogen and oxygen atoms in total. The highest BCUT2D eigenvalue weighted by molar-refractivity contribution is 6.13. The second-order valence-electron chi connectivity index (χ2n) is 7.89. The van der Waals surface area contributed by atoms with Crippen LogP contribution in [0.2, 0.25) is 0 Å². The molecule has 0 atom stereocenters. The topological polar surface area (TPSA) is 75.2 Å². The van der Waals surface area contributed by atoms with Crippen molar-refractivity contribution in [1.29, 1.82) is 0 Å². The number of carbonyl (C=O) groups is 2. The van der Waals surface area contributed by atoms with Crippen LogP contribution in [0.1, 0.15) is 28.8 Å². The zero-order valence-electron chi connectivity index (χ0n) is 17.5. The number of benzene rings is 2. The number of likely N-dealkylation sites (tertiary alicyclic amines) is 1. The molecule has 0 spiro atoms. The molecular formula is C26H22N4O2. The van der Waals surface area contributed by atoms with E-state index in [4.69, 9.17) is 4.98 Å². The Kier molecular flexibility index (Phi) is 5.34. The van der Waals surface area contributed by atoms with E-state index in [0.29, 0.717) is 29.9 Å². The first-order chi connectivity index (χ1) is 15.7. The number of nitrogens with zero attached hydrogens (tertiary/aromatic N) is 3. The molecule has 5 rings (SSSR count). The van der Waals surface area contributed by atoms with Crippen molar-refractivity contribution in [3.8, 4) is 11.3 Å². The van der Waals surface area contributed by atoms with Crippen molar-refractivity contribution in [2.24, 2.45) is 0 Å². The quantitative estimate of drug-likeness (QED) is 0.507. The van der Waals surface area contributed by atoms with Gasteiger partial charge in [-0.25, -0.2) is 4.98 Å². The van der Waals surface area contributed by atoms with Gasteiger partial charge in [-0.1, -0.05) is 30.3 Å². The van der Waals surface area contributed by atoms with Crippen LogP contribution in [0.4, 0.5) is 5.69 Å². The maximum atomic E-state index is 13.3. The lowest BCUT2D eigenvalue weighted by Crippen LogP contribution is -2.23. The first-order valence-corrected chi connectivity index (χ1v) is 10.7. The molecule has 1 fully saturated rings. The highest BCUT2D eigenvalue weighted by Crippen LogP contribution is 2.25. The van der Waals surface area contributed by atoms with E-state index in [1.807, 2.05) is 65.6 Å². The average molecular weight is 422 g/mol. The predicted molar refractivity (Wildman–Crippen MR) is 124 cm³/mol.